The molecular weight excluding hydrogens is 326 g/mol. The average Bonchev–Trinajstić information content (AvgIpc) is 3.18. The summed E-state index contributed by atoms with van der Waals surface area (Å²) in [6.07, 6.45) is 1.69. The van der Waals surface area contributed by atoms with Gasteiger partial charge in [0.05, 0.1) is 0 Å². The second-order valence-electron chi connectivity index (χ2n) is 7.23. The molecule has 4 rings (SSSR count). The molecule has 136 valence electrons. The van der Waals surface area contributed by atoms with Crippen LogP contribution in [-0.2, 0) is 0 Å². The Hall–Kier alpha value is -2.33. The Morgan fingerprint density at radius 2 is 1.88 bits per heavy atom. The van der Waals surface area contributed by atoms with Gasteiger partial charge in [-0.15, -0.1) is 0 Å². The third kappa shape index (κ3) is 3.61. The first-order valence-electron chi connectivity index (χ1n) is 9.42. The van der Waals surface area contributed by atoms with Crippen molar-refractivity contribution in [1.29, 1.82) is 0 Å². The molecule has 0 radical (unpaired) electrons. The summed E-state index contributed by atoms with van der Waals surface area (Å²) in [4.78, 5) is 15.2. The van der Waals surface area contributed by atoms with E-state index in [1.807, 2.05) is 18.2 Å². The predicted octanol–water partition coefficient (Wildman–Crippen LogP) is 3.91. The van der Waals surface area contributed by atoms with Gasteiger partial charge in [0, 0.05) is 24.6 Å². The second kappa shape index (κ2) is 7.50. The number of carbonyl (C=O) groups excluding carboxylic acids is 1. The summed E-state index contributed by atoms with van der Waals surface area (Å²) in [7, 11) is 0. The van der Waals surface area contributed by atoms with E-state index < -0.39 is 0 Å². The molecule has 0 spiro atoms. The normalized spacial score (nSPS) is 20.7. The number of carbonyl (C=O) groups is 1. The molecule has 4 nitrogen and oxygen atoms in total. The second-order valence-corrected chi connectivity index (χ2v) is 7.23. The van der Waals surface area contributed by atoms with E-state index in [4.69, 9.17) is 9.47 Å². The molecule has 26 heavy (non-hydrogen) atoms. The van der Waals surface area contributed by atoms with Gasteiger partial charge in [-0.1, -0.05) is 30.3 Å². The monoisotopic (exact) mass is 351 g/mol. The first-order valence-corrected chi connectivity index (χ1v) is 9.42. The molecular formula is C22H25NO3. The molecule has 0 N–H and O–H groups in total. The van der Waals surface area contributed by atoms with Crippen LogP contribution in [0.1, 0.15) is 41.6 Å². The first kappa shape index (κ1) is 17.1. The van der Waals surface area contributed by atoms with E-state index in [0.29, 0.717) is 36.9 Å². The number of rotatable bonds is 5. The number of ketones is 1. The van der Waals surface area contributed by atoms with E-state index >= 15 is 0 Å². The third-order valence-electron chi connectivity index (χ3n) is 5.46. The fourth-order valence-corrected chi connectivity index (χ4v) is 3.92. The number of ether oxygens (including phenoxy) is 2. The number of nitrogens with zero attached hydrogens (tertiary/aromatic N) is 1. The lowest BCUT2D eigenvalue weighted by Gasteiger charge is -2.24. The SMILES string of the molecule is CC(CC(=O)c1ccc2c(c1)OCCO2)N1CCC(c2ccccc2)C1. The van der Waals surface area contributed by atoms with E-state index in [1.54, 1.807) is 0 Å². The summed E-state index contributed by atoms with van der Waals surface area (Å²) in [5.74, 6) is 2.15. The van der Waals surface area contributed by atoms with E-state index in [1.165, 1.54) is 5.56 Å². The molecule has 2 aromatic carbocycles. The molecule has 0 bridgehead atoms. The van der Waals surface area contributed by atoms with E-state index in [-0.39, 0.29) is 11.8 Å². The fourth-order valence-electron chi connectivity index (χ4n) is 3.92. The molecule has 2 atom stereocenters. The molecule has 0 amide bonds. The van der Waals surface area contributed by atoms with Crippen LogP contribution in [0.15, 0.2) is 48.5 Å². The highest BCUT2D eigenvalue weighted by molar-refractivity contribution is 5.97. The van der Waals surface area contributed by atoms with E-state index in [0.717, 1.165) is 25.3 Å². The Kier molecular flexibility index (Phi) is 4.93. The first-order chi connectivity index (χ1) is 12.7. The zero-order chi connectivity index (χ0) is 17.9. The van der Waals surface area contributed by atoms with Crippen molar-refractivity contribution in [3.05, 3.63) is 59.7 Å². The highest BCUT2D eigenvalue weighted by Gasteiger charge is 2.28. The Bertz CT molecular complexity index is 774. The predicted molar refractivity (Wildman–Crippen MR) is 101 cm³/mol. The maximum absolute atomic E-state index is 12.7. The summed E-state index contributed by atoms with van der Waals surface area (Å²) < 4.78 is 11.1. The number of likely N-dealkylation sites (tertiary alicyclic amines) is 1. The largest absolute Gasteiger partial charge is 0.486 e. The van der Waals surface area contributed by atoms with Gasteiger partial charge in [0.1, 0.15) is 13.2 Å². The van der Waals surface area contributed by atoms with Crippen LogP contribution in [0, 0.1) is 0 Å². The summed E-state index contributed by atoms with van der Waals surface area (Å²) in [6.45, 7) is 5.34. The molecule has 0 aliphatic carbocycles. The highest BCUT2D eigenvalue weighted by Crippen LogP contribution is 2.32. The summed E-state index contributed by atoms with van der Waals surface area (Å²) >= 11 is 0. The third-order valence-corrected chi connectivity index (χ3v) is 5.46. The molecule has 2 unspecified atom stereocenters. The van der Waals surface area contributed by atoms with Crippen LogP contribution in [-0.4, -0.2) is 43.0 Å². The van der Waals surface area contributed by atoms with Crippen molar-refractivity contribution in [2.24, 2.45) is 0 Å². The van der Waals surface area contributed by atoms with Crippen LogP contribution in [0.5, 0.6) is 11.5 Å². The minimum absolute atomic E-state index is 0.164. The molecule has 0 saturated carbocycles. The van der Waals surface area contributed by atoms with E-state index in [2.05, 4.69) is 42.2 Å². The molecule has 2 aromatic rings. The minimum atomic E-state index is 0.164. The van der Waals surface area contributed by atoms with Crippen molar-refractivity contribution in [1.82, 2.24) is 4.90 Å². The number of benzene rings is 2. The molecule has 1 saturated heterocycles. The quantitative estimate of drug-likeness (QED) is 0.766. The van der Waals surface area contributed by atoms with Crippen molar-refractivity contribution < 1.29 is 14.3 Å². The van der Waals surface area contributed by atoms with Gasteiger partial charge in [-0.25, -0.2) is 0 Å². The molecule has 1 fully saturated rings. The van der Waals surface area contributed by atoms with Gasteiger partial charge in [0.15, 0.2) is 17.3 Å². The molecule has 4 heteroatoms. The van der Waals surface area contributed by atoms with Crippen LogP contribution in [0.2, 0.25) is 0 Å². The lowest BCUT2D eigenvalue weighted by molar-refractivity contribution is 0.0939. The van der Waals surface area contributed by atoms with Crippen molar-refractivity contribution in [3.8, 4) is 11.5 Å². The van der Waals surface area contributed by atoms with Crippen LogP contribution in [0.3, 0.4) is 0 Å². The smallest absolute Gasteiger partial charge is 0.164 e. The van der Waals surface area contributed by atoms with Gasteiger partial charge in [-0.05, 0) is 49.6 Å². The molecule has 0 aromatic heterocycles. The van der Waals surface area contributed by atoms with Gasteiger partial charge in [0.25, 0.3) is 0 Å². The van der Waals surface area contributed by atoms with Gasteiger partial charge < -0.3 is 9.47 Å². The van der Waals surface area contributed by atoms with Gasteiger partial charge >= 0.3 is 0 Å². The Labute approximate surface area is 154 Å². The summed E-state index contributed by atoms with van der Waals surface area (Å²) in [5, 5.41) is 0. The highest BCUT2D eigenvalue weighted by atomic mass is 16.6. The standard InChI is InChI=1S/C22H25NO3/c1-16(23-10-9-19(15-23)17-5-3-2-4-6-17)13-20(24)18-7-8-21-22(14-18)26-12-11-25-21/h2-8,14,16,19H,9-13,15H2,1H3. The Morgan fingerprint density at radius 3 is 2.69 bits per heavy atom. The van der Waals surface area contributed by atoms with E-state index in [9.17, 15) is 4.79 Å². The zero-order valence-corrected chi connectivity index (χ0v) is 15.2. The maximum Gasteiger partial charge on any atom is 0.164 e. The minimum Gasteiger partial charge on any atom is -0.486 e. The van der Waals surface area contributed by atoms with Crippen LogP contribution < -0.4 is 9.47 Å². The topological polar surface area (TPSA) is 38.8 Å². The number of fused-ring (bicyclic) bond motifs is 1. The maximum atomic E-state index is 12.7. The number of hydrogen-bond donors (Lipinski definition) is 0. The molecule has 2 aliphatic heterocycles. The van der Waals surface area contributed by atoms with Crippen LogP contribution in [0.25, 0.3) is 0 Å². The molecule has 2 heterocycles. The summed E-state index contributed by atoms with van der Waals surface area (Å²) in [6, 6.07) is 16.4. The van der Waals surface area contributed by atoms with Crippen LogP contribution >= 0.6 is 0 Å². The molecule has 2 aliphatic rings. The Balaban J connectivity index is 1.37. The van der Waals surface area contributed by atoms with Crippen molar-refractivity contribution in [2.75, 3.05) is 26.3 Å². The average molecular weight is 351 g/mol. The zero-order valence-electron chi connectivity index (χ0n) is 15.2. The fraction of sp³-hybridized carbons (Fsp3) is 0.409. The van der Waals surface area contributed by atoms with Gasteiger partial charge in [-0.2, -0.15) is 0 Å². The van der Waals surface area contributed by atoms with Crippen molar-refractivity contribution in [2.45, 2.75) is 31.7 Å². The number of Topliss-reactive ketones (excluding diaryl/α,β-unsaturated/α-hetero) is 1. The van der Waals surface area contributed by atoms with Gasteiger partial charge in [0.2, 0.25) is 0 Å². The Morgan fingerprint density at radius 1 is 1.12 bits per heavy atom. The van der Waals surface area contributed by atoms with Crippen molar-refractivity contribution >= 4 is 5.78 Å². The summed E-state index contributed by atoms with van der Waals surface area (Å²) in [5.41, 5.74) is 2.11. The lowest BCUT2D eigenvalue weighted by atomic mass is 9.98. The number of hydrogen-bond acceptors (Lipinski definition) is 4. The lowest BCUT2D eigenvalue weighted by Crippen LogP contribution is -2.32. The van der Waals surface area contributed by atoms with Gasteiger partial charge in [-0.3, -0.25) is 9.69 Å². The van der Waals surface area contributed by atoms with Crippen molar-refractivity contribution in [3.63, 3.8) is 0 Å². The van der Waals surface area contributed by atoms with Crippen LogP contribution in [0.4, 0.5) is 0 Å².